The van der Waals surface area contributed by atoms with Gasteiger partial charge in [0.05, 0.1) is 12.9 Å². The number of methoxy groups -OCH3 is 1. The van der Waals surface area contributed by atoms with E-state index in [9.17, 15) is 14.0 Å². The van der Waals surface area contributed by atoms with Crippen molar-refractivity contribution in [1.82, 2.24) is 10.2 Å². The molecular formula is C24H31FN2O3S. The number of halogens is 1. The van der Waals surface area contributed by atoms with Crippen LogP contribution < -0.4 is 10.1 Å². The Morgan fingerprint density at radius 3 is 2.68 bits per heavy atom. The number of carbonyl (C=O) groups is 2. The van der Waals surface area contributed by atoms with Crippen molar-refractivity contribution in [1.29, 1.82) is 0 Å². The topological polar surface area (TPSA) is 58.6 Å². The zero-order valence-corrected chi connectivity index (χ0v) is 19.2. The molecule has 0 radical (unpaired) electrons. The van der Waals surface area contributed by atoms with Crippen LogP contribution in [0.5, 0.6) is 5.75 Å². The van der Waals surface area contributed by atoms with Gasteiger partial charge in [-0.3, -0.25) is 9.59 Å². The fourth-order valence-electron chi connectivity index (χ4n) is 3.03. The van der Waals surface area contributed by atoms with Crippen molar-refractivity contribution in [3.63, 3.8) is 0 Å². The van der Waals surface area contributed by atoms with E-state index in [-0.39, 0.29) is 23.4 Å². The second kappa shape index (κ2) is 13.0. The predicted molar refractivity (Wildman–Crippen MR) is 123 cm³/mol. The Kier molecular flexibility index (Phi) is 10.4. The Morgan fingerprint density at radius 2 is 1.97 bits per heavy atom. The highest BCUT2D eigenvalue weighted by Gasteiger charge is 2.26. The summed E-state index contributed by atoms with van der Waals surface area (Å²) >= 11 is 1.34. The molecule has 0 heterocycles. The number of hydrogen-bond donors (Lipinski definition) is 1. The number of rotatable bonds is 12. The Morgan fingerprint density at radius 1 is 1.19 bits per heavy atom. The summed E-state index contributed by atoms with van der Waals surface area (Å²) in [5, 5.41) is 2.90. The lowest BCUT2D eigenvalue weighted by molar-refractivity contribution is -0.138. The summed E-state index contributed by atoms with van der Waals surface area (Å²) in [7, 11) is 1.59. The van der Waals surface area contributed by atoms with Gasteiger partial charge in [0.25, 0.3) is 0 Å². The fourth-order valence-corrected chi connectivity index (χ4v) is 3.93. The third kappa shape index (κ3) is 7.90. The maximum absolute atomic E-state index is 13.8. The van der Waals surface area contributed by atoms with Gasteiger partial charge < -0.3 is 15.0 Å². The highest BCUT2D eigenvalue weighted by Crippen LogP contribution is 2.19. The van der Waals surface area contributed by atoms with E-state index in [1.165, 1.54) is 17.8 Å². The number of nitrogens with zero attached hydrogens (tertiary/aromatic N) is 1. The van der Waals surface area contributed by atoms with Gasteiger partial charge in [-0.2, -0.15) is 0 Å². The van der Waals surface area contributed by atoms with E-state index in [1.807, 2.05) is 24.3 Å². The normalized spacial score (nSPS) is 11.6. The first-order chi connectivity index (χ1) is 15.0. The van der Waals surface area contributed by atoms with Crippen molar-refractivity contribution in [2.45, 2.75) is 45.0 Å². The summed E-state index contributed by atoms with van der Waals surface area (Å²) in [4.78, 5) is 27.3. The molecule has 2 amide bonds. The Labute approximate surface area is 188 Å². The molecule has 0 saturated heterocycles. The molecule has 1 atom stereocenters. The Hall–Kier alpha value is -2.54. The quantitative estimate of drug-likeness (QED) is 0.491. The molecule has 0 unspecified atom stereocenters. The van der Waals surface area contributed by atoms with Gasteiger partial charge in [-0.25, -0.2) is 4.39 Å². The minimum Gasteiger partial charge on any atom is -0.497 e. The van der Waals surface area contributed by atoms with E-state index >= 15 is 0 Å². The average molecular weight is 447 g/mol. The molecule has 0 aromatic heterocycles. The molecule has 0 saturated carbocycles. The van der Waals surface area contributed by atoms with E-state index in [4.69, 9.17) is 4.74 Å². The number of unbranched alkanes of at least 4 members (excludes halogenated alkanes) is 1. The lowest BCUT2D eigenvalue weighted by Gasteiger charge is -2.29. The summed E-state index contributed by atoms with van der Waals surface area (Å²) in [6, 6.07) is 13.4. The molecule has 5 nitrogen and oxygen atoms in total. The van der Waals surface area contributed by atoms with Crippen LogP contribution in [-0.2, 0) is 21.9 Å². The van der Waals surface area contributed by atoms with Crippen LogP contribution in [0, 0.1) is 5.82 Å². The van der Waals surface area contributed by atoms with Crippen molar-refractivity contribution in [3.05, 3.63) is 65.5 Å². The van der Waals surface area contributed by atoms with Gasteiger partial charge in [-0.1, -0.05) is 43.7 Å². The molecule has 168 valence electrons. The Bertz CT molecular complexity index is 862. The van der Waals surface area contributed by atoms with Gasteiger partial charge in [-0.05, 0) is 42.7 Å². The maximum atomic E-state index is 13.8. The highest BCUT2D eigenvalue weighted by atomic mass is 32.2. The van der Waals surface area contributed by atoms with Crippen LogP contribution in [0.25, 0.3) is 0 Å². The van der Waals surface area contributed by atoms with Crippen LogP contribution in [0.1, 0.15) is 37.8 Å². The average Bonchev–Trinajstić information content (AvgIpc) is 2.78. The smallest absolute Gasteiger partial charge is 0.242 e. The van der Waals surface area contributed by atoms with Crippen molar-refractivity contribution in [2.24, 2.45) is 0 Å². The zero-order chi connectivity index (χ0) is 22.6. The number of ether oxygens (including phenoxy) is 1. The molecule has 0 fully saturated rings. The summed E-state index contributed by atoms with van der Waals surface area (Å²) in [5.41, 5.74) is 1.44. The standard InChI is InChI=1S/C24H31FN2O3S/c1-4-5-13-26-24(29)18(2)27(15-19-9-8-11-21(14-19)30-3)23(28)17-31-16-20-10-6-7-12-22(20)25/h6-12,14,18H,4-5,13,15-17H2,1-3H3,(H,26,29)/t18-/m0/s1. The summed E-state index contributed by atoms with van der Waals surface area (Å²) in [5.74, 6) is 0.622. The molecule has 2 rings (SSSR count). The monoisotopic (exact) mass is 446 g/mol. The first kappa shape index (κ1) is 24.7. The lowest BCUT2D eigenvalue weighted by Crippen LogP contribution is -2.48. The number of thioether (sulfide) groups is 1. The third-order valence-electron chi connectivity index (χ3n) is 4.92. The third-order valence-corrected chi connectivity index (χ3v) is 5.89. The van der Waals surface area contributed by atoms with E-state index in [0.29, 0.717) is 30.2 Å². The molecule has 1 N–H and O–H groups in total. The molecular weight excluding hydrogens is 415 g/mol. The van der Waals surface area contributed by atoms with Crippen LogP contribution in [0.3, 0.4) is 0 Å². The van der Waals surface area contributed by atoms with Gasteiger partial charge in [0, 0.05) is 18.8 Å². The fraction of sp³-hybridized carbons (Fsp3) is 0.417. The largest absolute Gasteiger partial charge is 0.497 e. The number of benzene rings is 2. The molecule has 0 spiro atoms. The Balaban J connectivity index is 2.08. The molecule has 2 aromatic rings. The molecule has 0 aliphatic rings. The van der Waals surface area contributed by atoms with Crippen molar-refractivity contribution < 1.29 is 18.7 Å². The first-order valence-electron chi connectivity index (χ1n) is 10.5. The maximum Gasteiger partial charge on any atom is 0.242 e. The number of nitrogens with one attached hydrogen (secondary N) is 1. The van der Waals surface area contributed by atoms with E-state index in [2.05, 4.69) is 12.2 Å². The molecule has 0 aliphatic carbocycles. The second-order valence-corrected chi connectivity index (χ2v) is 8.26. The summed E-state index contributed by atoms with van der Waals surface area (Å²) in [6.45, 7) is 4.67. The number of carbonyl (C=O) groups excluding carboxylic acids is 2. The first-order valence-corrected chi connectivity index (χ1v) is 11.6. The number of hydrogen-bond acceptors (Lipinski definition) is 4. The minimum absolute atomic E-state index is 0.158. The van der Waals surface area contributed by atoms with E-state index < -0.39 is 6.04 Å². The summed E-state index contributed by atoms with van der Waals surface area (Å²) < 4.78 is 19.1. The van der Waals surface area contributed by atoms with Gasteiger partial charge in [0.1, 0.15) is 17.6 Å². The van der Waals surface area contributed by atoms with Crippen molar-refractivity contribution >= 4 is 23.6 Å². The van der Waals surface area contributed by atoms with Crippen LogP contribution >= 0.6 is 11.8 Å². The second-order valence-electron chi connectivity index (χ2n) is 7.28. The number of amides is 2. The van der Waals surface area contributed by atoms with Gasteiger partial charge in [0.2, 0.25) is 11.8 Å². The SMILES string of the molecule is CCCCNC(=O)[C@H](C)N(Cc1cccc(OC)c1)C(=O)CSCc1ccccc1F. The van der Waals surface area contributed by atoms with Gasteiger partial charge >= 0.3 is 0 Å². The summed E-state index contributed by atoms with van der Waals surface area (Å²) in [6.07, 6.45) is 1.87. The molecule has 0 aliphatic heterocycles. The minimum atomic E-state index is -0.621. The van der Waals surface area contributed by atoms with Crippen molar-refractivity contribution in [3.8, 4) is 5.75 Å². The van der Waals surface area contributed by atoms with Crippen LogP contribution in [-0.4, -0.2) is 42.2 Å². The highest BCUT2D eigenvalue weighted by molar-refractivity contribution is 7.99. The van der Waals surface area contributed by atoms with Gasteiger partial charge in [0.15, 0.2) is 0 Å². The molecule has 31 heavy (non-hydrogen) atoms. The van der Waals surface area contributed by atoms with E-state index in [0.717, 1.165) is 18.4 Å². The zero-order valence-electron chi connectivity index (χ0n) is 18.4. The van der Waals surface area contributed by atoms with Crippen LogP contribution in [0.15, 0.2) is 48.5 Å². The lowest BCUT2D eigenvalue weighted by atomic mass is 10.1. The van der Waals surface area contributed by atoms with Crippen LogP contribution in [0.2, 0.25) is 0 Å². The molecule has 0 bridgehead atoms. The molecule has 7 heteroatoms. The van der Waals surface area contributed by atoms with Gasteiger partial charge in [-0.15, -0.1) is 11.8 Å². The van der Waals surface area contributed by atoms with Crippen molar-refractivity contribution in [2.75, 3.05) is 19.4 Å². The predicted octanol–water partition coefficient (Wildman–Crippen LogP) is 4.40. The van der Waals surface area contributed by atoms with E-state index in [1.54, 1.807) is 37.1 Å². The van der Waals surface area contributed by atoms with Crippen LogP contribution in [0.4, 0.5) is 4.39 Å². The molecule has 2 aromatic carbocycles.